The Morgan fingerprint density at radius 3 is 2.89 bits per heavy atom. The highest BCUT2D eigenvalue weighted by Crippen LogP contribution is 2.49. The van der Waals surface area contributed by atoms with E-state index in [4.69, 9.17) is 0 Å². The predicted octanol–water partition coefficient (Wildman–Crippen LogP) is 2.98. The van der Waals surface area contributed by atoms with Crippen LogP contribution in [0.4, 0.5) is 0 Å². The molecule has 19 heavy (non-hydrogen) atoms. The van der Waals surface area contributed by atoms with Gasteiger partial charge in [-0.1, -0.05) is 24.3 Å². The first-order chi connectivity index (χ1) is 9.13. The van der Waals surface area contributed by atoms with Gasteiger partial charge in [-0.25, -0.2) is 0 Å². The smallest absolute Gasteiger partial charge is 0.133 e. The number of aryl methyl sites for hydroxylation is 1. The van der Waals surface area contributed by atoms with Crippen LogP contribution in [0.2, 0.25) is 0 Å². The average Bonchev–Trinajstić information content (AvgIpc) is 2.39. The molecule has 1 aliphatic carbocycles. The van der Waals surface area contributed by atoms with E-state index in [0.29, 0.717) is 17.7 Å². The standard InChI is InChI=1S/C17H23NO/c1-12-5-3-4-6-15(12)17-9-10-18-13(2)16(17)8-7-14(19)11-17/h3-6,13,16,18H,7-11H2,1-2H3. The van der Waals surface area contributed by atoms with Crippen molar-refractivity contribution in [1.29, 1.82) is 0 Å². The van der Waals surface area contributed by atoms with Gasteiger partial charge in [-0.15, -0.1) is 0 Å². The number of fused-ring (bicyclic) bond motifs is 1. The van der Waals surface area contributed by atoms with Crippen molar-refractivity contribution in [2.45, 2.75) is 51.0 Å². The van der Waals surface area contributed by atoms with E-state index in [-0.39, 0.29) is 5.41 Å². The predicted molar refractivity (Wildman–Crippen MR) is 77.3 cm³/mol. The summed E-state index contributed by atoms with van der Waals surface area (Å²) in [5.74, 6) is 1.05. The summed E-state index contributed by atoms with van der Waals surface area (Å²) in [4.78, 5) is 12.1. The van der Waals surface area contributed by atoms with Gasteiger partial charge < -0.3 is 5.32 Å². The highest BCUT2D eigenvalue weighted by atomic mass is 16.1. The third-order valence-corrected chi connectivity index (χ3v) is 5.28. The molecule has 0 aromatic heterocycles. The maximum atomic E-state index is 12.1. The van der Waals surface area contributed by atoms with E-state index < -0.39 is 0 Å². The zero-order valence-electron chi connectivity index (χ0n) is 11.9. The Hall–Kier alpha value is -1.15. The molecule has 1 aliphatic heterocycles. The lowest BCUT2D eigenvalue weighted by atomic mass is 9.56. The normalized spacial score (nSPS) is 34.9. The fourth-order valence-corrected chi connectivity index (χ4v) is 4.39. The number of piperidine rings is 1. The van der Waals surface area contributed by atoms with E-state index in [1.807, 2.05) is 0 Å². The number of benzene rings is 1. The van der Waals surface area contributed by atoms with E-state index in [1.165, 1.54) is 11.1 Å². The quantitative estimate of drug-likeness (QED) is 0.838. The van der Waals surface area contributed by atoms with Crippen molar-refractivity contribution in [2.24, 2.45) is 5.92 Å². The molecule has 1 N–H and O–H groups in total. The minimum atomic E-state index is 0.0886. The SMILES string of the molecule is Cc1ccccc1C12CCNC(C)C1CCC(=O)C2. The number of hydrogen-bond acceptors (Lipinski definition) is 2. The molecule has 1 aromatic rings. The molecule has 2 aliphatic rings. The van der Waals surface area contributed by atoms with E-state index in [2.05, 4.69) is 43.4 Å². The van der Waals surface area contributed by atoms with Crippen LogP contribution in [0, 0.1) is 12.8 Å². The Labute approximate surface area is 115 Å². The maximum absolute atomic E-state index is 12.1. The molecule has 0 spiro atoms. The van der Waals surface area contributed by atoms with Gasteiger partial charge in [0.05, 0.1) is 0 Å². The van der Waals surface area contributed by atoms with Crippen LogP contribution >= 0.6 is 0 Å². The van der Waals surface area contributed by atoms with Crippen LogP contribution in [-0.4, -0.2) is 18.4 Å². The number of Topliss-reactive ketones (excluding diaryl/α,β-unsaturated/α-hetero) is 1. The lowest BCUT2D eigenvalue weighted by molar-refractivity contribution is -0.124. The summed E-state index contributed by atoms with van der Waals surface area (Å²) in [6.45, 7) is 5.50. The maximum Gasteiger partial charge on any atom is 0.133 e. The zero-order valence-corrected chi connectivity index (χ0v) is 11.9. The van der Waals surface area contributed by atoms with Gasteiger partial charge in [0.15, 0.2) is 0 Å². The first-order valence-corrected chi connectivity index (χ1v) is 7.45. The van der Waals surface area contributed by atoms with Gasteiger partial charge in [-0.05, 0) is 50.3 Å². The van der Waals surface area contributed by atoms with Gasteiger partial charge >= 0.3 is 0 Å². The number of rotatable bonds is 1. The van der Waals surface area contributed by atoms with Crippen LogP contribution in [0.1, 0.15) is 43.7 Å². The summed E-state index contributed by atoms with van der Waals surface area (Å²) in [7, 11) is 0. The minimum absolute atomic E-state index is 0.0886. The van der Waals surface area contributed by atoms with Crippen LogP contribution in [0.25, 0.3) is 0 Å². The van der Waals surface area contributed by atoms with Gasteiger partial charge in [0.25, 0.3) is 0 Å². The number of carbonyl (C=O) groups excluding carboxylic acids is 1. The third kappa shape index (κ3) is 2.02. The first-order valence-electron chi connectivity index (χ1n) is 7.45. The second-order valence-electron chi connectivity index (χ2n) is 6.32. The number of nitrogens with one attached hydrogen (secondary N) is 1. The fraction of sp³-hybridized carbons (Fsp3) is 0.588. The second-order valence-corrected chi connectivity index (χ2v) is 6.32. The Bertz CT molecular complexity index is 496. The molecule has 0 amide bonds. The molecule has 3 atom stereocenters. The van der Waals surface area contributed by atoms with E-state index >= 15 is 0 Å². The van der Waals surface area contributed by atoms with Gasteiger partial charge in [-0.2, -0.15) is 0 Å². The van der Waals surface area contributed by atoms with Crippen molar-refractivity contribution >= 4 is 5.78 Å². The largest absolute Gasteiger partial charge is 0.314 e. The zero-order chi connectivity index (χ0) is 13.5. The molecule has 1 aromatic carbocycles. The van der Waals surface area contributed by atoms with Gasteiger partial charge in [0, 0.05) is 24.3 Å². The van der Waals surface area contributed by atoms with Crippen LogP contribution < -0.4 is 5.32 Å². The van der Waals surface area contributed by atoms with E-state index in [9.17, 15) is 4.79 Å². The molecule has 3 unspecified atom stereocenters. The summed E-state index contributed by atoms with van der Waals surface area (Å²) >= 11 is 0. The summed E-state index contributed by atoms with van der Waals surface area (Å²) in [5, 5.41) is 3.60. The number of carbonyl (C=O) groups is 1. The van der Waals surface area contributed by atoms with Crippen molar-refractivity contribution in [2.75, 3.05) is 6.54 Å². The number of hydrogen-bond donors (Lipinski definition) is 1. The molecule has 2 fully saturated rings. The summed E-state index contributed by atoms with van der Waals surface area (Å²) in [5.41, 5.74) is 2.85. The van der Waals surface area contributed by atoms with Crippen molar-refractivity contribution in [3.05, 3.63) is 35.4 Å². The first kappa shape index (κ1) is 12.9. The Balaban J connectivity index is 2.10. The lowest BCUT2D eigenvalue weighted by Gasteiger charge is -2.51. The number of ketones is 1. The Morgan fingerprint density at radius 1 is 1.32 bits per heavy atom. The highest BCUT2D eigenvalue weighted by Gasteiger charge is 2.49. The average molecular weight is 257 g/mol. The van der Waals surface area contributed by atoms with Gasteiger partial charge in [0.2, 0.25) is 0 Å². The lowest BCUT2D eigenvalue weighted by Crippen LogP contribution is -2.56. The van der Waals surface area contributed by atoms with E-state index in [1.54, 1.807) is 0 Å². The monoisotopic (exact) mass is 257 g/mol. The van der Waals surface area contributed by atoms with Gasteiger partial charge in [-0.3, -0.25) is 4.79 Å². The van der Waals surface area contributed by atoms with Crippen LogP contribution in [0.3, 0.4) is 0 Å². The fourth-order valence-electron chi connectivity index (χ4n) is 4.39. The van der Waals surface area contributed by atoms with Crippen molar-refractivity contribution in [1.82, 2.24) is 5.32 Å². The molecule has 1 saturated carbocycles. The molecule has 1 saturated heterocycles. The minimum Gasteiger partial charge on any atom is -0.314 e. The van der Waals surface area contributed by atoms with Crippen molar-refractivity contribution in [3.63, 3.8) is 0 Å². The molecule has 1 heterocycles. The molecule has 3 rings (SSSR count). The Morgan fingerprint density at radius 2 is 2.11 bits per heavy atom. The van der Waals surface area contributed by atoms with E-state index in [0.717, 1.165) is 32.2 Å². The van der Waals surface area contributed by atoms with Crippen LogP contribution in [0.15, 0.2) is 24.3 Å². The molecule has 2 heteroatoms. The van der Waals surface area contributed by atoms with Crippen LogP contribution in [-0.2, 0) is 10.2 Å². The summed E-state index contributed by atoms with van der Waals surface area (Å²) in [6, 6.07) is 9.17. The Kier molecular flexibility index (Phi) is 3.22. The van der Waals surface area contributed by atoms with Crippen molar-refractivity contribution in [3.8, 4) is 0 Å². The third-order valence-electron chi connectivity index (χ3n) is 5.28. The summed E-state index contributed by atoms with van der Waals surface area (Å²) < 4.78 is 0. The molecule has 0 radical (unpaired) electrons. The summed E-state index contributed by atoms with van der Waals surface area (Å²) in [6.07, 6.45) is 3.65. The molecular formula is C17H23NO. The van der Waals surface area contributed by atoms with Crippen LogP contribution in [0.5, 0.6) is 0 Å². The molecule has 2 nitrogen and oxygen atoms in total. The highest BCUT2D eigenvalue weighted by molar-refractivity contribution is 5.81. The molecule has 0 bridgehead atoms. The molecule has 102 valence electrons. The molecular weight excluding hydrogens is 234 g/mol. The second kappa shape index (κ2) is 4.75. The van der Waals surface area contributed by atoms with Gasteiger partial charge in [0.1, 0.15) is 5.78 Å². The van der Waals surface area contributed by atoms with Crippen molar-refractivity contribution < 1.29 is 4.79 Å². The topological polar surface area (TPSA) is 29.1 Å².